The Labute approximate surface area is 137 Å². The highest BCUT2D eigenvalue weighted by Gasteiger charge is 2.17. The number of fused-ring (bicyclic) bond motifs is 1. The molecule has 0 aliphatic carbocycles. The van der Waals surface area contributed by atoms with E-state index in [1.165, 1.54) is 5.56 Å². The molecule has 0 radical (unpaired) electrons. The lowest BCUT2D eigenvalue weighted by Gasteiger charge is -2.11. The molecule has 6 heteroatoms. The first-order chi connectivity index (χ1) is 10.1. The van der Waals surface area contributed by atoms with Crippen molar-refractivity contribution in [3.8, 4) is 0 Å². The van der Waals surface area contributed by atoms with Gasteiger partial charge in [-0.1, -0.05) is 12.1 Å². The lowest BCUT2D eigenvalue weighted by Crippen LogP contribution is -2.37. The third-order valence-electron chi connectivity index (χ3n) is 3.76. The lowest BCUT2D eigenvalue weighted by atomic mass is 10.0. The molecule has 0 fully saturated rings. The summed E-state index contributed by atoms with van der Waals surface area (Å²) in [7, 11) is 1.88. The van der Waals surface area contributed by atoms with Crippen LogP contribution in [0.15, 0.2) is 18.2 Å². The Morgan fingerprint density at radius 2 is 2.18 bits per heavy atom. The second kappa shape index (κ2) is 8.76. The summed E-state index contributed by atoms with van der Waals surface area (Å²) in [5, 5.41) is 8.82. The Bertz CT molecular complexity index is 534. The number of carbonyl (C=O) groups is 2. The highest BCUT2D eigenvalue weighted by atomic mass is 35.5. The summed E-state index contributed by atoms with van der Waals surface area (Å²) in [6.45, 7) is 2.68. The normalized spacial score (nSPS) is 13.8. The summed E-state index contributed by atoms with van der Waals surface area (Å²) in [6, 6.07) is 6.32. The average molecular weight is 326 g/mol. The fourth-order valence-electron chi connectivity index (χ4n) is 2.35. The van der Waals surface area contributed by atoms with E-state index in [0.29, 0.717) is 19.4 Å². The van der Waals surface area contributed by atoms with Gasteiger partial charge in [-0.05, 0) is 44.0 Å². The van der Waals surface area contributed by atoms with Gasteiger partial charge in [0.25, 0.3) is 0 Å². The van der Waals surface area contributed by atoms with Crippen LogP contribution in [0.25, 0.3) is 0 Å². The van der Waals surface area contributed by atoms with Gasteiger partial charge in [0.15, 0.2) is 0 Å². The number of aryl methyl sites for hydroxylation is 1. The van der Waals surface area contributed by atoms with Gasteiger partial charge in [0, 0.05) is 24.7 Å². The molecular weight excluding hydrogens is 302 g/mol. The fraction of sp³-hybridized carbons (Fsp3) is 0.500. The van der Waals surface area contributed by atoms with E-state index in [-0.39, 0.29) is 30.3 Å². The van der Waals surface area contributed by atoms with Crippen LogP contribution in [0.3, 0.4) is 0 Å². The van der Waals surface area contributed by atoms with Crippen molar-refractivity contribution >= 4 is 29.9 Å². The predicted molar refractivity (Wildman–Crippen MR) is 90.5 cm³/mol. The fourth-order valence-corrected chi connectivity index (χ4v) is 2.35. The maximum absolute atomic E-state index is 11.7. The third-order valence-corrected chi connectivity index (χ3v) is 3.76. The van der Waals surface area contributed by atoms with Crippen LogP contribution in [-0.2, 0) is 22.4 Å². The molecule has 0 bridgehead atoms. The molecule has 1 aromatic rings. The predicted octanol–water partition coefficient (Wildman–Crippen LogP) is 1.65. The van der Waals surface area contributed by atoms with Crippen molar-refractivity contribution in [3.05, 3.63) is 29.3 Å². The number of carbonyl (C=O) groups excluding carboxylic acids is 2. The Morgan fingerprint density at radius 1 is 1.41 bits per heavy atom. The monoisotopic (exact) mass is 325 g/mol. The number of hydrogen-bond donors (Lipinski definition) is 3. The Balaban J connectivity index is 0.00000242. The van der Waals surface area contributed by atoms with Gasteiger partial charge in [0.2, 0.25) is 11.8 Å². The van der Waals surface area contributed by atoms with Crippen LogP contribution in [0, 0.1) is 0 Å². The van der Waals surface area contributed by atoms with Gasteiger partial charge < -0.3 is 16.0 Å². The van der Waals surface area contributed by atoms with E-state index < -0.39 is 0 Å². The summed E-state index contributed by atoms with van der Waals surface area (Å²) >= 11 is 0. The maximum atomic E-state index is 11.7. The van der Waals surface area contributed by atoms with E-state index in [2.05, 4.69) is 22.0 Å². The summed E-state index contributed by atoms with van der Waals surface area (Å²) in [5.41, 5.74) is 3.16. The molecule has 1 aliphatic rings. The van der Waals surface area contributed by atoms with Gasteiger partial charge in [-0.2, -0.15) is 0 Å². The molecule has 1 heterocycles. The van der Waals surface area contributed by atoms with E-state index in [1.54, 1.807) is 0 Å². The zero-order valence-electron chi connectivity index (χ0n) is 13.1. The molecule has 1 aromatic carbocycles. The SMILES string of the molecule is CNC(C)CNC(=O)CCCc1ccc2c(c1)CC(=O)N2.Cl. The van der Waals surface area contributed by atoms with Crippen LogP contribution in [0.4, 0.5) is 5.69 Å². The molecule has 5 nitrogen and oxygen atoms in total. The van der Waals surface area contributed by atoms with Crippen molar-refractivity contribution in [3.63, 3.8) is 0 Å². The van der Waals surface area contributed by atoms with E-state index in [1.807, 2.05) is 26.1 Å². The standard InChI is InChI=1S/C16H23N3O2.ClH/c1-11(17-2)10-18-15(20)5-3-4-12-6-7-14-13(8-12)9-16(21)19-14;/h6-8,11,17H,3-5,9-10H2,1-2H3,(H,18,20)(H,19,21);1H. The number of hydrogen-bond acceptors (Lipinski definition) is 3. The Morgan fingerprint density at radius 3 is 2.91 bits per heavy atom. The van der Waals surface area contributed by atoms with E-state index in [4.69, 9.17) is 0 Å². The largest absolute Gasteiger partial charge is 0.355 e. The minimum atomic E-state index is 0. The lowest BCUT2D eigenvalue weighted by molar-refractivity contribution is -0.121. The van der Waals surface area contributed by atoms with Crippen molar-refractivity contribution in [1.82, 2.24) is 10.6 Å². The highest BCUT2D eigenvalue weighted by molar-refractivity contribution is 5.99. The minimum absolute atomic E-state index is 0. The molecule has 2 amide bonds. The van der Waals surface area contributed by atoms with Gasteiger partial charge >= 0.3 is 0 Å². The number of nitrogens with one attached hydrogen (secondary N) is 3. The first-order valence-electron chi connectivity index (χ1n) is 7.44. The van der Waals surface area contributed by atoms with Crippen LogP contribution in [-0.4, -0.2) is 31.4 Å². The quantitative estimate of drug-likeness (QED) is 0.714. The number of halogens is 1. The van der Waals surface area contributed by atoms with Crippen molar-refractivity contribution in [1.29, 1.82) is 0 Å². The summed E-state index contributed by atoms with van der Waals surface area (Å²) < 4.78 is 0. The van der Waals surface area contributed by atoms with Crippen molar-refractivity contribution in [2.75, 3.05) is 18.9 Å². The molecule has 0 aromatic heterocycles. The maximum Gasteiger partial charge on any atom is 0.228 e. The highest BCUT2D eigenvalue weighted by Crippen LogP contribution is 2.24. The van der Waals surface area contributed by atoms with Crippen LogP contribution in [0.1, 0.15) is 30.9 Å². The molecular formula is C16H24ClN3O2. The second-order valence-corrected chi connectivity index (χ2v) is 5.56. The second-order valence-electron chi connectivity index (χ2n) is 5.56. The summed E-state index contributed by atoms with van der Waals surface area (Å²) in [4.78, 5) is 23.0. The van der Waals surface area contributed by atoms with Crippen LogP contribution >= 0.6 is 12.4 Å². The van der Waals surface area contributed by atoms with E-state index >= 15 is 0 Å². The molecule has 0 saturated carbocycles. The zero-order valence-corrected chi connectivity index (χ0v) is 13.9. The number of rotatable bonds is 7. The molecule has 22 heavy (non-hydrogen) atoms. The molecule has 0 spiro atoms. The molecule has 3 N–H and O–H groups in total. The van der Waals surface area contributed by atoms with Gasteiger partial charge in [-0.25, -0.2) is 0 Å². The number of amides is 2. The number of anilines is 1. The first kappa shape index (κ1) is 18.5. The minimum Gasteiger partial charge on any atom is -0.355 e. The number of likely N-dealkylation sites (N-methyl/N-ethyl adjacent to an activating group) is 1. The zero-order chi connectivity index (χ0) is 15.2. The van der Waals surface area contributed by atoms with Crippen molar-refractivity contribution < 1.29 is 9.59 Å². The van der Waals surface area contributed by atoms with E-state index in [9.17, 15) is 9.59 Å². The molecule has 1 atom stereocenters. The average Bonchev–Trinajstić information content (AvgIpc) is 2.84. The topological polar surface area (TPSA) is 70.2 Å². The van der Waals surface area contributed by atoms with Gasteiger partial charge in [-0.15, -0.1) is 12.4 Å². The Hall–Kier alpha value is -1.59. The van der Waals surface area contributed by atoms with Crippen molar-refractivity contribution in [2.24, 2.45) is 0 Å². The van der Waals surface area contributed by atoms with Gasteiger partial charge in [0.1, 0.15) is 0 Å². The molecule has 1 aliphatic heterocycles. The summed E-state index contributed by atoms with van der Waals surface area (Å²) in [5.74, 6) is 0.148. The van der Waals surface area contributed by atoms with Crippen molar-refractivity contribution in [2.45, 2.75) is 38.6 Å². The first-order valence-corrected chi connectivity index (χ1v) is 7.44. The molecule has 0 saturated heterocycles. The third kappa shape index (κ3) is 5.31. The molecule has 122 valence electrons. The van der Waals surface area contributed by atoms with Crippen LogP contribution < -0.4 is 16.0 Å². The summed E-state index contributed by atoms with van der Waals surface area (Å²) in [6.07, 6.45) is 2.67. The Kier molecular flexibility index (Phi) is 7.35. The smallest absolute Gasteiger partial charge is 0.228 e. The molecule has 2 rings (SSSR count). The molecule has 1 unspecified atom stereocenters. The van der Waals surface area contributed by atoms with E-state index in [0.717, 1.165) is 24.1 Å². The van der Waals surface area contributed by atoms with Gasteiger partial charge in [0.05, 0.1) is 6.42 Å². The van der Waals surface area contributed by atoms with Crippen LogP contribution in [0.2, 0.25) is 0 Å². The number of benzene rings is 1. The van der Waals surface area contributed by atoms with Crippen LogP contribution in [0.5, 0.6) is 0 Å². The van der Waals surface area contributed by atoms with Gasteiger partial charge in [-0.3, -0.25) is 9.59 Å².